The maximum Gasteiger partial charge on any atom is 0.279 e. The smallest absolute Gasteiger partial charge is 0.279 e. The lowest BCUT2D eigenvalue weighted by molar-refractivity contribution is 0.0998. The first-order valence-electron chi connectivity index (χ1n) is 6.77. The molecule has 0 fully saturated rings. The van der Waals surface area contributed by atoms with Crippen LogP contribution < -0.4 is 4.80 Å². The molecule has 0 aliphatic rings. The molecular formula is C17H16N2OS. The first-order valence-corrected chi connectivity index (χ1v) is 7.59. The van der Waals surface area contributed by atoms with Gasteiger partial charge in [0.05, 0.1) is 10.2 Å². The van der Waals surface area contributed by atoms with Crippen LogP contribution in [-0.2, 0) is 7.05 Å². The van der Waals surface area contributed by atoms with Crippen LogP contribution in [-0.4, -0.2) is 10.5 Å². The summed E-state index contributed by atoms with van der Waals surface area (Å²) in [5, 5.41) is 0. The van der Waals surface area contributed by atoms with E-state index in [0.717, 1.165) is 20.6 Å². The van der Waals surface area contributed by atoms with Gasteiger partial charge < -0.3 is 4.57 Å². The quantitative estimate of drug-likeness (QED) is 0.675. The van der Waals surface area contributed by atoms with Gasteiger partial charge in [0.2, 0.25) is 0 Å². The second kappa shape index (κ2) is 5.30. The minimum Gasteiger partial charge on any atom is -0.319 e. The number of nitrogens with zero attached hydrogens (tertiary/aromatic N) is 2. The molecule has 4 heteroatoms. The molecule has 0 atom stereocenters. The van der Waals surface area contributed by atoms with Crippen molar-refractivity contribution in [2.45, 2.75) is 13.8 Å². The number of fused-ring (bicyclic) bond motifs is 1. The van der Waals surface area contributed by atoms with Gasteiger partial charge in [0.1, 0.15) is 0 Å². The summed E-state index contributed by atoms with van der Waals surface area (Å²) in [5.74, 6) is -0.194. The predicted octanol–water partition coefficient (Wildman–Crippen LogP) is 3.60. The number of rotatable bonds is 1. The Morgan fingerprint density at radius 2 is 1.86 bits per heavy atom. The third-order valence-corrected chi connectivity index (χ3v) is 4.78. The number of hydrogen-bond donors (Lipinski definition) is 0. The van der Waals surface area contributed by atoms with E-state index in [1.807, 2.05) is 67.9 Å². The van der Waals surface area contributed by atoms with Crippen molar-refractivity contribution in [2.24, 2.45) is 12.0 Å². The van der Waals surface area contributed by atoms with Crippen LogP contribution in [0.15, 0.2) is 47.5 Å². The van der Waals surface area contributed by atoms with Crippen molar-refractivity contribution < 1.29 is 4.79 Å². The average molecular weight is 296 g/mol. The van der Waals surface area contributed by atoms with Crippen molar-refractivity contribution in [1.82, 2.24) is 4.57 Å². The molecule has 0 aliphatic heterocycles. The Morgan fingerprint density at radius 3 is 2.57 bits per heavy atom. The molecule has 3 nitrogen and oxygen atoms in total. The molecule has 0 unspecified atom stereocenters. The summed E-state index contributed by atoms with van der Waals surface area (Å²) in [4.78, 5) is 17.3. The van der Waals surface area contributed by atoms with Crippen molar-refractivity contribution in [3.8, 4) is 0 Å². The highest BCUT2D eigenvalue weighted by molar-refractivity contribution is 7.16. The largest absolute Gasteiger partial charge is 0.319 e. The monoisotopic (exact) mass is 296 g/mol. The third kappa shape index (κ3) is 2.54. The standard InChI is InChI=1S/C17H16N2OS/c1-11-8-9-13(10-12(11)2)16(20)18-17-19(3)14-6-4-5-7-15(14)21-17/h4-10H,1-3H3. The summed E-state index contributed by atoms with van der Waals surface area (Å²) < 4.78 is 3.09. The van der Waals surface area contributed by atoms with Crippen LogP contribution in [0, 0.1) is 13.8 Å². The molecule has 0 bridgehead atoms. The number of carbonyl (C=O) groups excluding carboxylic acids is 1. The van der Waals surface area contributed by atoms with Gasteiger partial charge in [-0.1, -0.05) is 29.5 Å². The first kappa shape index (κ1) is 13.8. The van der Waals surface area contributed by atoms with Crippen molar-refractivity contribution in [1.29, 1.82) is 0 Å². The first-order chi connectivity index (χ1) is 10.1. The number of amides is 1. The molecule has 1 aromatic heterocycles. The number of aryl methyl sites for hydroxylation is 3. The SMILES string of the molecule is Cc1ccc(C(=O)N=c2sc3ccccc3n2C)cc1C. The maximum absolute atomic E-state index is 12.3. The molecule has 21 heavy (non-hydrogen) atoms. The van der Waals surface area contributed by atoms with Crippen LogP contribution in [0.5, 0.6) is 0 Å². The fourth-order valence-electron chi connectivity index (χ4n) is 2.21. The second-order valence-corrected chi connectivity index (χ2v) is 6.14. The van der Waals surface area contributed by atoms with E-state index in [0.29, 0.717) is 5.56 Å². The van der Waals surface area contributed by atoms with Crippen molar-refractivity contribution in [3.63, 3.8) is 0 Å². The highest BCUT2D eigenvalue weighted by atomic mass is 32.1. The Bertz CT molecular complexity index is 903. The van der Waals surface area contributed by atoms with Crippen LogP contribution in [0.3, 0.4) is 0 Å². The number of thiazole rings is 1. The third-order valence-electron chi connectivity index (χ3n) is 3.67. The van der Waals surface area contributed by atoms with Crippen LogP contribution in [0.4, 0.5) is 0 Å². The topological polar surface area (TPSA) is 34.4 Å². The molecule has 106 valence electrons. The van der Waals surface area contributed by atoms with Crippen LogP contribution >= 0.6 is 11.3 Å². The van der Waals surface area contributed by atoms with Gasteiger partial charge in [0, 0.05) is 12.6 Å². The number of para-hydroxylation sites is 1. The minimum atomic E-state index is -0.194. The van der Waals surface area contributed by atoms with E-state index >= 15 is 0 Å². The number of carbonyl (C=O) groups is 1. The highest BCUT2D eigenvalue weighted by Gasteiger charge is 2.07. The molecular weight excluding hydrogens is 280 g/mol. The van der Waals surface area contributed by atoms with Gasteiger partial charge in [-0.3, -0.25) is 4.79 Å². The molecule has 0 saturated heterocycles. The summed E-state index contributed by atoms with van der Waals surface area (Å²) in [6.45, 7) is 4.04. The molecule has 0 aliphatic carbocycles. The summed E-state index contributed by atoms with van der Waals surface area (Å²) in [6.07, 6.45) is 0. The average Bonchev–Trinajstić information content (AvgIpc) is 2.79. The minimum absolute atomic E-state index is 0.194. The van der Waals surface area contributed by atoms with E-state index in [1.54, 1.807) is 0 Å². The van der Waals surface area contributed by atoms with Gasteiger partial charge >= 0.3 is 0 Å². The predicted molar refractivity (Wildman–Crippen MR) is 86.6 cm³/mol. The molecule has 1 amide bonds. The van der Waals surface area contributed by atoms with Gasteiger partial charge in [0.15, 0.2) is 4.80 Å². The number of hydrogen-bond acceptors (Lipinski definition) is 2. The van der Waals surface area contributed by atoms with Gasteiger partial charge in [-0.15, -0.1) is 0 Å². The highest BCUT2D eigenvalue weighted by Crippen LogP contribution is 2.16. The van der Waals surface area contributed by atoms with Gasteiger partial charge in [-0.05, 0) is 49.2 Å². The van der Waals surface area contributed by atoms with Gasteiger partial charge in [0.25, 0.3) is 5.91 Å². The molecule has 0 N–H and O–H groups in total. The molecule has 0 saturated carbocycles. The molecule has 1 heterocycles. The van der Waals surface area contributed by atoms with Crippen molar-refractivity contribution in [3.05, 3.63) is 64.0 Å². The zero-order valence-electron chi connectivity index (χ0n) is 12.3. The number of aromatic nitrogens is 1. The lowest BCUT2D eigenvalue weighted by Crippen LogP contribution is -2.13. The van der Waals surface area contributed by atoms with E-state index in [9.17, 15) is 4.79 Å². The van der Waals surface area contributed by atoms with Gasteiger partial charge in [-0.25, -0.2) is 0 Å². The van der Waals surface area contributed by atoms with Gasteiger partial charge in [-0.2, -0.15) is 4.99 Å². The van der Waals surface area contributed by atoms with Crippen molar-refractivity contribution in [2.75, 3.05) is 0 Å². The molecule has 3 aromatic rings. The van der Waals surface area contributed by atoms with Crippen LogP contribution in [0.2, 0.25) is 0 Å². The lowest BCUT2D eigenvalue weighted by Gasteiger charge is -2.01. The summed E-state index contributed by atoms with van der Waals surface area (Å²) in [5.41, 5.74) is 4.01. The fourth-order valence-corrected chi connectivity index (χ4v) is 3.23. The van der Waals surface area contributed by atoms with E-state index in [-0.39, 0.29) is 5.91 Å². The zero-order chi connectivity index (χ0) is 15.0. The number of benzene rings is 2. The summed E-state index contributed by atoms with van der Waals surface area (Å²) in [7, 11) is 1.94. The van der Waals surface area contributed by atoms with E-state index in [2.05, 4.69) is 4.99 Å². The Morgan fingerprint density at radius 1 is 1.10 bits per heavy atom. The Kier molecular flexibility index (Phi) is 3.47. The maximum atomic E-state index is 12.3. The Hall–Kier alpha value is -2.20. The zero-order valence-corrected chi connectivity index (χ0v) is 13.1. The normalized spacial score (nSPS) is 12.0. The Balaban J connectivity index is 2.09. The van der Waals surface area contributed by atoms with Crippen molar-refractivity contribution >= 4 is 27.5 Å². The van der Waals surface area contributed by atoms with E-state index < -0.39 is 0 Å². The van der Waals surface area contributed by atoms with Crippen LogP contribution in [0.25, 0.3) is 10.2 Å². The summed E-state index contributed by atoms with van der Waals surface area (Å²) in [6, 6.07) is 13.8. The molecule has 0 radical (unpaired) electrons. The van der Waals surface area contributed by atoms with E-state index in [4.69, 9.17) is 0 Å². The lowest BCUT2D eigenvalue weighted by atomic mass is 10.1. The molecule has 0 spiro atoms. The summed E-state index contributed by atoms with van der Waals surface area (Å²) >= 11 is 1.53. The van der Waals surface area contributed by atoms with E-state index in [1.165, 1.54) is 16.9 Å². The Labute approximate surface area is 127 Å². The van der Waals surface area contributed by atoms with Crippen LogP contribution in [0.1, 0.15) is 21.5 Å². The molecule has 2 aromatic carbocycles. The molecule has 3 rings (SSSR count). The fraction of sp³-hybridized carbons (Fsp3) is 0.176. The second-order valence-electron chi connectivity index (χ2n) is 5.13.